The minimum Gasteiger partial charge on any atom is -0.492 e. The van der Waals surface area contributed by atoms with Crippen LogP contribution in [0.2, 0.25) is 0 Å². The van der Waals surface area contributed by atoms with Crippen molar-refractivity contribution in [3.63, 3.8) is 0 Å². The standard InChI is InChI=1S/C28H33N5O3.2ClH/c34-30-25-19-28(26-17-22-5-4-12-33(22)20-29-26)36-27-7-6-23(18-24(25)27)35-16-15-31-13-8-21(9-14-31)32-10-2-1-3-11-32;;/h4-7,12,17-21,34H,1-3,8-11,13-16H2;2*1H. The molecule has 0 amide bonds. The minimum atomic E-state index is 0. The molecule has 5 heterocycles. The van der Waals surface area contributed by atoms with E-state index in [0.29, 0.717) is 34.4 Å². The van der Waals surface area contributed by atoms with Crippen LogP contribution in [0, 0.1) is 0 Å². The highest BCUT2D eigenvalue weighted by Gasteiger charge is 2.25. The Morgan fingerprint density at radius 1 is 1.00 bits per heavy atom. The van der Waals surface area contributed by atoms with Crippen molar-refractivity contribution in [2.45, 2.75) is 38.1 Å². The van der Waals surface area contributed by atoms with Crippen LogP contribution >= 0.6 is 24.8 Å². The summed E-state index contributed by atoms with van der Waals surface area (Å²) >= 11 is 0. The summed E-state index contributed by atoms with van der Waals surface area (Å²) in [6.45, 7) is 6.39. The van der Waals surface area contributed by atoms with E-state index in [1.807, 2.05) is 47.0 Å². The molecule has 6 rings (SSSR count). The second-order valence-electron chi connectivity index (χ2n) is 9.89. The molecular weight excluding hydrogens is 525 g/mol. The Bertz CT molecular complexity index is 1410. The number of fused-ring (bicyclic) bond motifs is 2. The Kier molecular flexibility index (Phi) is 9.54. The fraction of sp³-hybridized carbons (Fsp3) is 0.429. The molecule has 2 aliphatic rings. The molecule has 0 saturated carbocycles. The second-order valence-corrected chi connectivity index (χ2v) is 9.89. The lowest BCUT2D eigenvalue weighted by atomic mass is 10.00. The summed E-state index contributed by atoms with van der Waals surface area (Å²) in [5.74, 6) is 1.28. The molecule has 0 bridgehead atoms. The second kappa shape index (κ2) is 12.8. The van der Waals surface area contributed by atoms with E-state index < -0.39 is 0 Å². The number of nitrogens with zero attached hydrogens (tertiary/aromatic N) is 5. The van der Waals surface area contributed by atoms with Crippen LogP contribution in [0.15, 0.2) is 64.6 Å². The van der Waals surface area contributed by atoms with Crippen molar-refractivity contribution in [1.82, 2.24) is 19.2 Å². The van der Waals surface area contributed by atoms with Crippen molar-refractivity contribution in [1.29, 1.82) is 0 Å². The predicted molar refractivity (Wildman–Crippen MR) is 153 cm³/mol. The van der Waals surface area contributed by atoms with Gasteiger partial charge in [0.25, 0.3) is 0 Å². The van der Waals surface area contributed by atoms with Gasteiger partial charge in [0.2, 0.25) is 0 Å². The van der Waals surface area contributed by atoms with Crippen molar-refractivity contribution in [3.8, 4) is 17.2 Å². The first-order chi connectivity index (χ1) is 17.8. The highest BCUT2D eigenvalue weighted by atomic mass is 35.5. The lowest BCUT2D eigenvalue weighted by molar-refractivity contribution is 0.0858. The van der Waals surface area contributed by atoms with Crippen molar-refractivity contribution in [3.05, 3.63) is 60.3 Å². The van der Waals surface area contributed by atoms with E-state index in [4.69, 9.17) is 9.15 Å². The van der Waals surface area contributed by atoms with Crippen LogP contribution in [0.3, 0.4) is 0 Å². The van der Waals surface area contributed by atoms with Crippen LogP contribution in [0.25, 0.3) is 27.9 Å². The van der Waals surface area contributed by atoms with E-state index in [-0.39, 0.29) is 24.8 Å². The third kappa shape index (κ3) is 6.10. The molecular formula is C28H35Cl2N5O3. The maximum Gasteiger partial charge on any atom is 0.155 e. The molecule has 38 heavy (non-hydrogen) atoms. The van der Waals surface area contributed by atoms with Gasteiger partial charge >= 0.3 is 0 Å². The average molecular weight is 561 g/mol. The SMILES string of the molecule is Cl.Cl.ON=c1cc(-c2cc3cccn3cn2)oc2ccc(OCCN3CCC(N4CCCCC4)CC3)cc12. The number of aromatic nitrogens is 2. The number of likely N-dealkylation sites (tertiary alicyclic amines) is 2. The summed E-state index contributed by atoms with van der Waals surface area (Å²) in [5, 5.41) is 14.3. The average Bonchev–Trinajstić information content (AvgIpc) is 3.41. The Morgan fingerprint density at radius 2 is 1.82 bits per heavy atom. The largest absolute Gasteiger partial charge is 0.492 e. The fourth-order valence-electron chi connectivity index (χ4n) is 5.60. The van der Waals surface area contributed by atoms with Gasteiger partial charge in [0.05, 0.1) is 11.7 Å². The Labute approximate surface area is 234 Å². The summed E-state index contributed by atoms with van der Waals surface area (Å²) in [5.41, 5.74) is 2.30. The van der Waals surface area contributed by atoms with Crippen molar-refractivity contribution < 1.29 is 14.4 Å². The molecule has 10 heteroatoms. The molecule has 0 aliphatic carbocycles. The van der Waals surface area contributed by atoms with Gasteiger partial charge < -0.3 is 23.7 Å². The van der Waals surface area contributed by atoms with Crippen LogP contribution in [-0.2, 0) is 0 Å². The molecule has 1 N–H and O–H groups in total. The Hall–Kier alpha value is -2.78. The molecule has 0 atom stereocenters. The maximum absolute atomic E-state index is 9.71. The number of hydrogen-bond acceptors (Lipinski definition) is 7. The molecule has 0 spiro atoms. The van der Waals surface area contributed by atoms with Gasteiger partial charge in [0, 0.05) is 30.4 Å². The first kappa shape index (κ1) is 28.2. The number of benzene rings is 1. The van der Waals surface area contributed by atoms with Crippen molar-refractivity contribution in [2.75, 3.05) is 39.3 Å². The molecule has 1 aromatic carbocycles. The Morgan fingerprint density at radius 3 is 2.61 bits per heavy atom. The third-order valence-electron chi connectivity index (χ3n) is 7.63. The molecule has 2 saturated heterocycles. The molecule has 8 nitrogen and oxygen atoms in total. The number of ether oxygens (including phenoxy) is 1. The molecule has 204 valence electrons. The van der Waals surface area contributed by atoms with Gasteiger partial charge in [-0.2, -0.15) is 0 Å². The van der Waals surface area contributed by atoms with Gasteiger partial charge in [0.1, 0.15) is 29.0 Å². The zero-order chi connectivity index (χ0) is 24.3. The van der Waals surface area contributed by atoms with Gasteiger partial charge in [-0.25, -0.2) is 4.98 Å². The number of rotatable bonds is 6. The first-order valence-corrected chi connectivity index (χ1v) is 13.1. The van der Waals surface area contributed by atoms with Crippen molar-refractivity contribution >= 4 is 41.3 Å². The first-order valence-electron chi connectivity index (χ1n) is 13.1. The highest BCUT2D eigenvalue weighted by Crippen LogP contribution is 2.25. The molecule has 2 fully saturated rings. The third-order valence-corrected chi connectivity index (χ3v) is 7.63. The smallest absolute Gasteiger partial charge is 0.155 e. The van der Waals surface area contributed by atoms with E-state index in [9.17, 15) is 5.21 Å². The van der Waals surface area contributed by atoms with Crippen LogP contribution < -0.4 is 10.1 Å². The van der Waals surface area contributed by atoms with Crippen LogP contribution in [0.1, 0.15) is 32.1 Å². The summed E-state index contributed by atoms with van der Waals surface area (Å²) in [6.07, 6.45) is 10.3. The molecule has 2 aliphatic heterocycles. The topological polar surface area (TPSA) is 78.7 Å². The van der Waals surface area contributed by atoms with E-state index in [2.05, 4.69) is 19.9 Å². The molecule has 0 radical (unpaired) electrons. The van der Waals surface area contributed by atoms with E-state index in [1.165, 1.54) is 45.2 Å². The fourth-order valence-corrected chi connectivity index (χ4v) is 5.60. The quantitative estimate of drug-likeness (QED) is 0.258. The lowest BCUT2D eigenvalue weighted by Crippen LogP contribution is -2.47. The van der Waals surface area contributed by atoms with Crippen LogP contribution in [-0.4, -0.2) is 69.8 Å². The van der Waals surface area contributed by atoms with Gasteiger partial charge in [0.15, 0.2) is 5.76 Å². The van der Waals surface area contributed by atoms with E-state index in [0.717, 1.165) is 36.9 Å². The van der Waals surface area contributed by atoms with Gasteiger partial charge in [-0.3, -0.25) is 4.90 Å². The normalized spacial score (nSPS) is 17.8. The number of hydrogen-bond donors (Lipinski definition) is 1. The molecule has 0 unspecified atom stereocenters. The van der Waals surface area contributed by atoms with Crippen LogP contribution in [0.5, 0.6) is 5.75 Å². The predicted octanol–water partition coefficient (Wildman–Crippen LogP) is 5.21. The zero-order valence-corrected chi connectivity index (χ0v) is 23.0. The zero-order valence-electron chi connectivity index (χ0n) is 21.4. The van der Waals surface area contributed by atoms with Gasteiger partial charge in [-0.1, -0.05) is 11.6 Å². The maximum atomic E-state index is 9.71. The van der Waals surface area contributed by atoms with E-state index in [1.54, 1.807) is 12.4 Å². The van der Waals surface area contributed by atoms with E-state index >= 15 is 0 Å². The van der Waals surface area contributed by atoms with Crippen LogP contribution in [0.4, 0.5) is 0 Å². The van der Waals surface area contributed by atoms with Gasteiger partial charge in [-0.15, -0.1) is 24.8 Å². The summed E-state index contributed by atoms with van der Waals surface area (Å²) in [6, 6.07) is 14.0. The summed E-state index contributed by atoms with van der Waals surface area (Å²) in [7, 11) is 0. The molecule has 4 aromatic rings. The number of piperidine rings is 2. The van der Waals surface area contributed by atoms with Gasteiger partial charge in [-0.05, 0) is 88.3 Å². The highest BCUT2D eigenvalue weighted by molar-refractivity contribution is 5.85. The molecule has 3 aromatic heterocycles. The monoisotopic (exact) mass is 559 g/mol. The minimum absolute atomic E-state index is 0. The van der Waals surface area contributed by atoms with Crippen molar-refractivity contribution in [2.24, 2.45) is 5.16 Å². The lowest BCUT2D eigenvalue weighted by Gasteiger charge is -2.40. The Balaban J connectivity index is 0.00000168. The summed E-state index contributed by atoms with van der Waals surface area (Å²) < 4.78 is 14.1. The summed E-state index contributed by atoms with van der Waals surface area (Å²) in [4.78, 5) is 9.70. The number of halogens is 2.